The summed E-state index contributed by atoms with van der Waals surface area (Å²) in [6, 6.07) is 14.1. The number of urea groups is 1. The van der Waals surface area contributed by atoms with E-state index in [1.54, 1.807) is 7.05 Å². The van der Waals surface area contributed by atoms with Crippen LogP contribution in [0.25, 0.3) is 0 Å². The predicted octanol–water partition coefficient (Wildman–Crippen LogP) is 3.89. The summed E-state index contributed by atoms with van der Waals surface area (Å²) in [5.74, 6) is 1.60. The molecule has 1 heterocycles. The van der Waals surface area contributed by atoms with Gasteiger partial charge in [0, 0.05) is 44.5 Å². The number of ether oxygens (including phenoxy) is 1. The first-order valence-corrected chi connectivity index (χ1v) is 10.9. The van der Waals surface area contributed by atoms with Crippen molar-refractivity contribution in [3.8, 4) is 5.75 Å². The fourth-order valence-electron chi connectivity index (χ4n) is 3.56. The minimum atomic E-state index is -0.0247. The molecule has 2 aromatic rings. The predicted molar refractivity (Wildman–Crippen MR) is 126 cm³/mol. The number of benzene rings is 2. The van der Waals surface area contributed by atoms with Crippen LogP contribution in [0, 0.1) is 6.92 Å². The maximum Gasteiger partial charge on any atom is 0.321 e. The highest BCUT2D eigenvalue weighted by atomic mass is 16.5. The van der Waals surface area contributed by atoms with Gasteiger partial charge in [0.1, 0.15) is 5.75 Å². The third-order valence-corrected chi connectivity index (χ3v) is 5.22. The molecule has 1 fully saturated rings. The van der Waals surface area contributed by atoms with Gasteiger partial charge in [0.15, 0.2) is 5.96 Å². The topological polar surface area (TPSA) is 78.0 Å². The SMILES string of the molecule is CCOc1cc(C)ccc1CNC(=NC)NCc1cccc(NC(=O)N2CCCC2)c1. The van der Waals surface area contributed by atoms with Crippen molar-refractivity contribution in [2.24, 2.45) is 4.99 Å². The second kappa shape index (κ2) is 11.2. The number of rotatable bonds is 7. The molecule has 0 spiro atoms. The van der Waals surface area contributed by atoms with Crippen LogP contribution in [0.5, 0.6) is 5.75 Å². The van der Waals surface area contributed by atoms with E-state index >= 15 is 0 Å². The van der Waals surface area contributed by atoms with Crippen molar-refractivity contribution in [3.05, 3.63) is 59.2 Å². The van der Waals surface area contributed by atoms with Crippen molar-refractivity contribution in [1.29, 1.82) is 0 Å². The standard InChI is InChI=1S/C24H33N5O2/c1-4-31-22-14-18(2)10-11-20(22)17-27-23(25-3)26-16-19-8-7-9-21(15-19)28-24(30)29-12-5-6-13-29/h7-11,14-15H,4-6,12-13,16-17H2,1-3H3,(H,28,30)(H2,25,26,27). The molecule has 31 heavy (non-hydrogen) atoms. The fourth-order valence-corrected chi connectivity index (χ4v) is 3.56. The number of guanidine groups is 1. The lowest BCUT2D eigenvalue weighted by molar-refractivity contribution is 0.222. The van der Waals surface area contributed by atoms with Crippen molar-refractivity contribution in [2.45, 2.75) is 39.8 Å². The highest BCUT2D eigenvalue weighted by molar-refractivity contribution is 5.89. The maximum absolute atomic E-state index is 12.3. The number of nitrogens with zero attached hydrogens (tertiary/aromatic N) is 2. The van der Waals surface area contributed by atoms with Gasteiger partial charge in [-0.3, -0.25) is 4.99 Å². The Morgan fingerprint density at radius 1 is 1.10 bits per heavy atom. The van der Waals surface area contributed by atoms with Crippen LogP contribution in [0.3, 0.4) is 0 Å². The number of aliphatic imine (C=N–C) groups is 1. The van der Waals surface area contributed by atoms with Crippen LogP contribution in [0.4, 0.5) is 10.5 Å². The second-order valence-electron chi connectivity index (χ2n) is 7.65. The van der Waals surface area contributed by atoms with E-state index in [9.17, 15) is 4.79 Å². The molecule has 0 aromatic heterocycles. The van der Waals surface area contributed by atoms with E-state index in [2.05, 4.69) is 46.1 Å². The zero-order valence-corrected chi connectivity index (χ0v) is 18.7. The molecule has 0 atom stereocenters. The van der Waals surface area contributed by atoms with Crippen molar-refractivity contribution in [3.63, 3.8) is 0 Å². The number of likely N-dealkylation sites (tertiary alicyclic amines) is 1. The zero-order chi connectivity index (χ0) is 22.1. The molecule has 0 radical (unpaired) electrons. The van der Waals surface area contributed by atoms with Crippen molar-refractivity contribution >= 4 is 17.7 Å². The summed E-state index contributed by atoms with van der Waals surface area (Å²) in [7, 11) is 1.75. The Balaban J connectivity index is 1.53. The largest absolute Gasteiger partial charge is 0.494 e. The first kappa shape index (κ1) is 22.5. The van der Waals surface area contributed by atoms with Gasteiger partial charge < -0.3 is 25.6 Å². The molecule has 7 heteroatoms. The normalized spacial score (nSPS) is 13.8. The average molecular weight is 424 g/mol. The summed E-state index contributed by atoms with van der Waals surface area (Å²) in [4.78, 5) is 18.5. The van der Waals surface area contributed by atoms with Gasteiger partial charge >= 0.3 is 6.03 Å². The summed E-state index contributed by atoms with van der Waals surface area (Å²) in [5, 5.41) is 9.66. The fraction of sp³-hybridized carbons (Fsp3) is 0.417. The third kappa shape index (κ3) is 6.64. The minimum absolute atomic E-state index is 0.0247. The Morgan fingerprint density at radius 3 is 2.61 bits per heavy atom. The van der Waals surface area contributed by atoms with Gasteiger partial charge in [-0.25, -0.2) is 4.79 Å². The van der Waals surface area contributed by atoms with Crippen molar-refractivity contribution in [2.75, 3.05) is 32.1 Å². The smallest absolute Gasteiger partial charge is 0.321 e. The number of nitrogens with one attached hydrogen (secondary N) is 3. The molecule has 1 saturated heterocycles. The highest BCUT2D eigenvalue weighted by Gasteiger charge is 2.17. The molecular weight excluding hydrogens is 390 g/mol. The lowest BCUT2D eigenvalue weighted by atomic mass is 10.1. The summed E-state index contributed by atoms with van der Waals surface area (Å²) < 4.78 is 5.76. The van der Waals surface area contributed by atoms with Crippen molar-refractivity contribution < 1.29 is 9.53 Å². The van der Waals surface area contributed by atoms with Crippen LogP contribution >= 0.6 is 0 Å². The van der Waals surface area contributed by atoms with Crippen molar-refractivity contribution in [1.82, 2.24) is 15.5 Å². The molecule has 1 aliphatic heterocycles. The van der Waals surface area contributed by atoms with Crippen LogP contribution in [0.1, 0.15) is 36.5 Å². The van der Waals surface area contributed by atoms with Crippen LogP contribution in [-0.4, -0.2) is 43.6 Å². The molecule has 2 amide bonds. The van der Waals surface area contributed by atoms with Gasteiger partial charge in [-0.05, 0) is 56.0 Å². The molecule has 3 rings (SSSR count). The number of anilines is 1. The Kier molecular flexibility index (Phi) is 8.15. The Labute approximate surface area is 184 Å². The van der Waals surface area contributed by atoms with E-state index in [1.165, 1.54) is 5.56 Å². The van der Waals surface area contributed by atoms with E-state index in [-0.39, 0.29) is 6.03 Å². The molecule has 7 nitrogen and oxygen atoms in total. The van der Waals surface area contributed by atoms with Gasteiger partial charge in [0.2, 0.25) is 0 Å². The molecular formula is C24H33N5O2. The van der Waals surface area contributed by atoms with Gasteiger partial charge in [-0.2, -0.15) is 0 Å². The van der Waals surface area contributed by atoms with E-state index in [0.29, 0.717) is 25.7 Å². The first-order valence-electron chi connectivity index (χ1n) is 10.9. The van der Waals surface area contributed by atoms with Crippen LogP contribution in [0.15, 0.2) is 47.5 Å². The van der Waals surface area contributed by atoms with Crippen LogP contribution < -0.4 is 20.7 Å². The molecule has 0 unspecified atom stereocenters. The average Bonchev–Trinajstić information content (AvgIpc) is 3.31. The minimum Gasteiger partial charge on any atom is -0.494 e. The van der Waals surface area contributed by atoms with E-state index in [0.717, 1.165) is 48.5 Å². The Hall–Kier alpha value is -3.22. The monoisotopic (exact) mass is 423 g/mol. The second-order valence-corrected chi connectivity index (χ2v) is 7.65. The Bertz CT molecular complexity index is 907. The number of carbonyl (C=O) groups is 1. The summed E-state index contributed by atoms with van der Waals surface area (Å²) >= 11 is 0. The van der Waals surface area contributed by atoms with Gasteiger partial charge in [0.05, 0.1) is 6.61 Å². The maximum atomic E-state index is 12.3. The lowest BCUT2D eigenvalue weighted by Gasteiger charge is -2.17. The quantitative estimate of drug-likeness (QED) is 0.466. The van der Waals surface area contributed by atoms with E-state index in [4.69, 9.17) is 4.74 Å². The van der Waals surface area contributed by atoms with Gasteiger partial charge in [0.25, 0.3) is 0 Å². The summed E-state index contributed by atoms with van der Waals surface area (Å²) in [6.07, 6.45) is 2.16. The molecule has 2 aromatic carbocycles. The van der Waals surface area contributed by atoms with E-state index in [1.807, 2.05) is 36.1 Å². The molecule has 0 saturated carbocycles. The first-order chi connectivity index (χ1) is 15.1. The molecule has 0 bridgehead atoms. The van der Waals surface area contributed by atoms with E-state index < -0.39 is 0 Å². The molecule has 3 N–H and O–H groups in total. The number of hydrogen-bond donors (Lipinski definition) is 3. The lowest BCUT2D eigenvalue weighted by Crippen LogP contribution is -2.36. The number of carbonyl (C=O) groups excluding carboxylic acids is 1. The number of hydrogen-bond acceptors (Lipinski definition) is 3. The Morgan fingerprint density at radius 2 is 1.87 bits per heavy atom. The highest BCUT2D eigenvalue weighted by Crippen LogP contribution is 2.20. The molecule has 0 aliphatic carbocycles. The number of amides is 2. The third-order valence-electron chi connectivity index (χ3n) is 5.22. The summed E-state index contributed by atoms with van der Waals surface area (Å²) in [5.41, 5.74) is 4.13. The molecule has 166 valence electrons. The van der Waals surface area contributed by atoms with Crippen LogP contribution in [-0.2, 0) is 13.1 Å². The summed E-state index contributed by atoms with van der Waals surface area (Å²) in [6.45, 7) is 7.56. The number of aryl methyl sites for hydroxylation is 1. The molecule has 1 aliphatic rings. The van der Waals surface area contributed by atoms with Gasteiger partial charge in [-0.15, -0.1) is 0 Å². The van der Waals surface area contributed by atoms with Gasteiger partial charge in [-0.1, -0.05) is 24.3 Å². The zero-order valence-electron chi connectivity index (χ0n) is 18.7. The van der Waals surface area contributed by atoms with Crippen LogP contribution in [0.2, 0.25) is 0 Å².